The van der Waals surface area contributed by atoms with Gasteiger partial charge in [-0.1, -0.05) is 0 Å². The minimum absolute atomic E-state index is 0.197. The zero-order valence-electron chi connectivity index (χ0n) is 15.4. The molecule has 0 saturated carbocycles. The molecule has 2 heterocycles. The second-order valence-electron chi connectivity index (χ2n) is 7.30. The summed E-state index contributed by atoms with van der Waals surface area (Å²) in [5.41, 5.74) is -3.31. The van der Waals surface area contributed by atoms with Gasteiger partial charge in [0.1, 0.15) is 0 Å². The van der Waals surface area contributed by atoms with Crippen LogP contribution in [0.2, 0.25) is 0 Å². The number of hydrogen-bond donors (Lipinski definition) is 2. The summed E-state index contributed by atoms with van der Waals surface area (Å²) in [5.74, 6) is -1.24. The Morgan fingerprint density at radius 2 is 2.15 bits per heavy atom. The second kappa shape index (κ2) is 7.96. The number of carbonyl (C=O) groups is 1. The summed E-state index contributed by atoms with van der Waals surface area (Å²) >= 11 is 0. The molecule has 0 aromatic carbocycles. The van der Waals surface area contributed by atoms with Crippen molar-refractivity contribution in [2.75, 3.05) is 19.6 Å². The summed E-state index contributed by atoms with van der Waals surface area (Å²) in [6, 6.07) is 0.396. The number of likely N-dealkylation sites (tertiary alicyclic amines) is 1. The first-order valence-corrected chi connectivity index (χ1v) is 8.82. The van der Waals surface area contributed by atoms with Crippen molar-refractivity contribution in [3.8, 4) is 0 Å². The van der Waals surface area contributed by atoms with Crippen LogP contribution in [0.5, 0.6) is 0 Å². The molecular formula is C17H27F3N4O2. The summed E-state index contributed by atoms with van der Waals surface area (Å²) < 4.78 is 41.4. The normalized spacial score (nSPS) is 21.6. The van der Waals surface area contributed by atoms with Gasteiger partial charge in [-0.3, -0.25) is 4.79 Å². The third kappa shape index (κ3) is 4.56. The Hall–Kier alpha value is -1.61. The number of aryl methyl sites for hydroxylation is 1. The fourth-order valence-corrected chi connectivity index (χ4v) is 3.36. The van der Waals surface area contributed by atoms with Gasteiger partial charge in [0.05, 0.1) is 6.42 Å². The number of aliphatic hydroxyl groups is 1. The van der Waals surface area contributed by atoms with Gasteiger partial charge < -0.3 is 19.9 Å². The number of amides is 1. The van der Waals surface area contributed by atoms with E-state index >= 15 is 0 Å². The highest BCUT2D eigenvalue weighted by Gasteiger charge is 2.58. The van der Waals surface area contributed by atoms with E-state index in [0.29, 0.717) is 12.6 Å². The zero-order chi connectivity index (χ0) is 19.5. The first kappa shape index (κ1) is 20.7. The minimum Gasteiger partial charge on any atom is -0.374 e. The summed E-state index contributed by atoms with van der Waals surface area (Å²) in [7, 11) is 1.35. The molecule has 1 aromatic heterocycles. The van der Waals surface area contributed by atoms with Gasteiger partial charge in [0.15, 0.2) is 5.82 Å². The van der Waals surface area contributed by atoms with Gasteiger partial charge in [-0.15, -0.1) is 0 Å². The molecule has 2 N–H and O–H groups in total. The number of imidazole rings is 1. The average molecular weight is 376 g/mol. The van der Waals surface area contributed by atoms with E-state index in [0.717, 1.165) is 36.7 Å². The molecule has 0 spiro atoms. The first-order valence-electron chi connectivity index (χ1n) is 8.82. The van der Waals surface area contributed by atoms with E-state index in [9.17, 15) is 23.1 Å². The predicted molar refractivity (Wildman–Crippen MR) is 90.2 cm³/mol. The fraction of sp³-hybridized carbons (Fsp3) is 0.765. The van der Waals surface area contributed by atoms with E-state index in [4.69, 9.17) is 0 Å². The van der Waals surface area contributed by atoms with Crippen molar-refractivity contribution < 1.29 is 23.1 Å². The molecule has 0 bridgehead atoms. The molecule has 1 aliphatic heterocycles. The van der Waals surface area contributed by atoms with Crippen molar-refractivity contribution in [3.63, 3.8) is 0 Å². The minimum atomic E-state index is -5.01. The lowest BCUT2D eigenvalue weighted by atomic mass is 9.95. The number of nitrogens with one attached hydrogen (secondary N) is 1. The molecule has 1 aliphatic rings. The standard InChI is InChI=1S/C17H27F3N4O2/c1-12(2)24-7-4-5-13(11-24)10-22-14(25)9-16(26,17(18,19)20)15-21-6-8-23(15)3/h6,8,12-13,26H,4-5,7,9-11H2,1-3H3,(H,22,25). The maximum absolute atomic E-state index is 13.5. The van der Waals surface area contributed by atoms with Crippen LogP contribution < -0.4 is 5.32 Å². The summed E-state index contributed by atoms with van der Waals surface area (Å²) in [4.78, 5) is 18.0. The fourth-order valence-electron chi connectivity index (χ4n) is 3.36. The first-order chi connectivity index (χ1) is 12.0. The molecule has 1 fully saturated rings. The lowest BCUT2D eigenvalue weighted by Gasteiger charge is -2.35. The molecule has 1 amide bonds. The quantitative estimate of drug-likeness (QED) is 0.794. The molecule has 148 valence electrons. The topological polar surface area (TPSA) is 70.4 Å². The molecule has 1 saturated heterocycles. The highest BCUT2D eigenvalue weighted by Crippen LogP contribution is 2.40. The molecule has 26 heavy (non-hydrogen) atoms. The van der Waals surface area contributed by atoms with Crippen molar-refractivity contribution in [1.82, 2.24) is 19.8 Å². The number of alkyl halides is 3. The van der Waals surface area contributed by atoms with Crippen LogP contribution in [0, 0.1) is 5.92 Å². The Morgan fingerprint density at radius 3 is 2.69 bits per heavy atom. The highest BCUT2D eigenvalue weighted by molar-refractivity contribution is 5.77. The largest absolute Gasteiger partial charge is 0.425 e. The molecular weight excluding hydrogens is 349 g/mol. The lowest BCUT2D eigenvalue weighted by Crippen LogP contribution is -2.49. The van der Waals surface area contributed by atoms with Crippen LogP contribution in [-0.4, -0.2) is 57.3 Å². The summed E-state index contributed by atoms with van der Waals surface area (Å²) in [5, 5.41) is 12.8. The van der Waals surface area contributed by atoms with Gasteiger partial charge in [0.2, 0.25) is 11.5 Å². The van der Waals surface area contributed by atoms with Crippen molar-refractivity contribution in [2.45, 2.75) is 50.9 Å². The van der Waals surface area contributed by atoms with Crippen LogP contribution in [-0.2, 0) is 17.4 Å². The van der Waals surface area contributed by atoms with Crippen LogP contribution in [0.15, 0.2) is 12.4 Å². The number of rotatable bonds is 6. The lowest BCUT2D eigenvalue weighted by molar-refractivity contribution is -0.271. The number of nitrogens with zero attached hydrogens (tertiary/aromatic N) is 3. The summed E-state index contributed by atoms with van der Waals surface area (Å²) in [6.07, 6.45) is -1.74. The molecule has 2 rings (SSSR count). The third-order valence-electron chi connectivity index (χ3n) is 4.95. The van der Waals surface area contributed by atoms with E-state index < -0.39 is 29.9 Å². The van der Waals surface area contributed by atoms with Gasteiger partial charge >= 0.3 is 6.18 Å². The molecule has 0 aliphatic carbocycles. The van der Waals surface area contributed by atoms with E-state index in [2.05, 4.69) is 29.0 Å². The van der Waals surface area contributed by atoms with E-state index in [1.807, 2.05) is 0 Å². The van der Waals surface area contributed by atoms with Crippen LogP contribution >= 0.6 is 0 Å². The summed E-state index contributed by atoms with van der Waals surface area (Å²) in [6.45, 7) is 6.29. The Kier molecular flexibility index (Phi) is 6.33. The van der Waals surface area contributed by atoms with Crippen LogP contribution in [0.1, 0.15) is 38.9 Å². The van der Waals surface area contributed by atoms with Crippen molar-refractivity contribution in [2.24, 2.45) is 13.0 Å². The zero-order valence-corrected chi connectivity index (χ0v) is 15.4. The van der Waals surface area contributed by atoms with Crippen molar-refractivity contribution in [3.05, 3.63) is 18.2 Å². The molecule has 6 nitrogen and oxygen atoms in total. The molecule has 1 aromatic rings. The Bertz CT molecular complexity index is 617. The van der Waals surface area contributed by atoms with Crippen LogP contribution in [0.4, 0.5) is 13.2 Å². The molecule has 0 radical (unpaired) electrons. The number of carbonyl (C=O) groups excluding carboxylic acids is 1. The van der Waals surface area contributed by atoms with Gasteiger partial charge in [-0.2, -0.15) is 13.2 Å². The SMILES string of the molecule is CC(C)N1CCCC(CNC(=O)CC(O)(c2nccn2C)C(F)(F)F)C1. The number of hydrogen-bond acceptors (Lipinski definition) is 4. The van der Waals surface area contributed by atoms with Crippen LogP contribution in [0.25, 0.3) is 0 Å². The van der Waals surface area contributed by atoms with Gasteiger partial charge in [0.25, 0.3) is 0 Å². The maximum atomic E-state index is 13.5. The number of piperidine rings is 1. The van der Waals surface area contributed by atoms with Gasteiger partial charge in [-0.25, -0.2) is 4.98 Å². The van der Waals surface area contributed by atoms with Gasteiger partial charge in [0, 0.05) is 38.6 Å². The van der Waals surface area contributed by atoms with E-state index in [-0.39, 0.29) is 5.92 Å². The van der Waals surface area contributed by atoms with Crippen LogP contribution in [0.3, 0.4) is 0 Å². The van der Waals surface area contributed by atoms with E-state index in [1.165, 1.54) is 13.2 Å². The maximum Gasteiger partial charge on any atom is 0.425 e. The third-order valence-corrected chi connectivity index (χ3v) is 4.95. The predicted octanol–water partition coefficient (Wildman–Crippen LogP) is 1.80. The Morgan fingerprint density at radius 1 is 1.46 bits per heavy atom. The average Bonchev–Trinajstić information content (AvgIpc) is 2.98. The van der Waals surface area contributed by atoms with Crippen molar-refractivity contribution in [1.29, 1.82) is 0 Å². The highest BCUT2D eigenvalue weighted by atomic mass is 19.4. The monoisotopic (exact) mass is 376 g/mol. The van der Waals surface area contributed by atoms with Crippen molar-refractivity contribution >= 4 is 5.91 Å². The molecule has 2 unspecified atom stereocenters. The number of halogens is 3. The molecule has 2 atom stereocenters. The van der Waals surface area contributed by atoms with E-state index in [1.54, 1.807) is 0 Å². The Labute approximate surface area is 151 Å². The second-order valence-corrected chi connectivity index (χ2v) is 7.30. The smallest absolute Gasteiger partial charge is 0.374 e. The Balaban J connectivity index is 1.99. The van der Waals surface area contributed by atoms with Gasteiger partial charge in [-0.05, 0) is 39.2 Å². The number of aromatic nitrogens is 2. The molecule has 9 heteroatoms.